The Kier molecular flexibility index (Phi) is 5.48. The number of halogens is 3. The molecule has 2 aromatic rings. The van der Waals surface area contributed by atoms with Gasteiger partial charge in [0.15, 0.2) is 0 Å². The van der Waals surface area contributed by atoms with E-state index in [0.29, 0.717) is 6.61 Å². The minimum atomic E-state index is -0.179. The van der Waals surface area contributed by atoms with Gasteiger partial charge in [0.25, 0.3) is 0 Å². The maximum Gasteiger partial charge on any atom is 0.120 e. The molecule has 0 fully saturated rings. The Morgan fingerprint density at radius 3 is 2.47 bits per heavy atom. The monoisotopic (exact) mass is 467 g/mol. The molecule has 0 aliphatic carbocycles. The lowest BCUT2D eigenvalue weighted by molar-refractivity contribution is 0.340. The first-order chi connectivity index (χ1) is 9.02. The van der Waals surface area contributed by atoms with Gasteiger partial charge in [-0.3, -0.25) is 0 Å². The first kappa shape index (κ1) is 15.5. The zero-order valence-electron chi connectivity index (χ0n) is 10.1. The predicted molar refractivity (Wildman–Crippen MR) is 91.1 cm³/mol. The van der Waals surface area contributed by atoms with E-state index in [2.05, 4.69) is 47.8 Å². The molecular formula is C13H12Br3NOS. The number of benzene rings is 1. The topological polar surface area (TPSA) is 35.2 Å². The van der Waals surface area contributed by atoms with Gasteiger partial charge in [-0.15, -0.1) is 11.3 Å². The average Bonchev–Trinajstić information content (AvgIpc) is 2.68. The summed E-state index contributed by atoms with van der Waals surface area (Å²) in [7, 11) is 0. The average molecular weight is 470 g/mol. The second kappa shape index (κ2) is 6.72. The lowest BCUT2D eigenvalue weighted by Crippen LogP contribution is -2.12. The Hall–Kier alpha value is 0.120. The summed E-state index contributed by atoms with van der Waals surface area (Å²) in [5.41, 5.74) is 8.45. The van der Waals surface area contributed by atoms with Crippen LogP contribution < -0.4 is 10.5 Å². The summed E-state index contributed by atoms with van der Waals surface area (Å²) in [6, 6.07) is 7.76. The highest BCUT2D eigenvalue weighted by Gasteiger charge is 2.17. The molecule has 0 saturated carbocycles. The van der Waals surface area contributed by atoms with Crippen LogP contribution in [0.25, 0.3) is 0 Å². The number of thiophene rings is 1. The zero-order valence-corrected chi connectivity index (χ0v) is 15.7. The summed E-state index contributed by atoms with van der Waals surface area (Å²) in [5, 5.41) is 0. The molecule has 2 rings (SSSR count). The smallest absolute Gasteiger partial charge is 0.120 e. The van der Waals surface area contributed by atoms with Crippen molar-refractivity contribution in [2.24, 2.45) is 5.73 Å². The minimum absolute atomic E-state index is 0.179. The highest BCUT2D eigenvalue weighted by molar-refractivity contribution is 9.12. The molecular weight excluding hydrogens is 458 g/mol. The third-order valence-corrected chi connectivity index (χ3v) is 5.71. The van der Waals surface area contributed by atoms with E-state index in [1.165, 1.54) is 0 Å². The predicted octanol–water partition coefficient (Wildman–Crippen LogP) is 5.48. The van der Waals surface area contributed by atoms with Crippen LogP contribution in [-0.2, 0) is 0 Å². The minimum Gasteiger partial charge on any atom is -0.494 e. The van der Waals surface area contributed by atoms with Gasteiger partial charge in [0.2, 0.25) is 0 Å². The fourth-order valence-corrected chi connectivity index (χ4v) is 5.28. The lowest BCUT2D eigenvalue weighted by atomic mass is 10.0. The molecule has 1 heterocycles. The van der Waals surface area contributed by atoms with Crippen LogP contribution in [0.2, 0.25) is 0 Å². The molecule has 102 valence electrons. The Labute approximate surface area is 141 Å². The van der Waals surface area contributed by atoms with Crippen LogP contribution in [-0.4, -0.2) is 6.61 Å². The van der Waals surface area contributed by atoms with Crippen molar-refractivity contribution in [1.29, 1.82) is 0 Å². The second-order valence-electron chi connectivity index (χ2n) is 3.87. The van der Waals surface area contributed by atoms with E-state index in [1.54, 1.807) is 11.3 Å². The van der Waals surface area contributed by atoms with Crippen molar-refractivity contribution in [2.45, 2.75) is 13.0 Å². The summed E-state index contributed by atoms with van der Waals surface area (Å²) < 4.78 is 8.54. The van der Waals surface area contributed by atoms with Crippen LogP contribution >= 0.6 is 59.1 Å². The van der Waals surface area contributed by atoms with Gasteiger partial charge < -0.3 is 10.5 Å². The molecule has 1 atom stereocenters. The highest BCUT2D eigenvalue weighted by Crippen LogP contribution is 2.39. The van der Waals surface area contributed by atoms with Crippen LogP contribution in [0, 0.1) is 0 Å². The Morgan fingerprint density at radius 1 is 1.21 bits per heavy atom. The van der Waals surface area contributed by atoms with Crippen LogP contribution in [0.15, 0.2) is 36.3 Å². The maximum absolute atomic E-state index is 6.34. The summed E-state index contributed by atoms with van der Waals surface area (Å²) in [6.45, 7) is 2.62. The van der Waals surface area contributed by atoms with Crippen LogP contribution in [0.3, 0.4) is 0 Å². The van der Waals surface area contributed by atoms with E-state index in [0.717, 1.165) is 28.9 Å². The summed E-state index contributed by atoms with van der Waals surface area (Å²) in [5.74, 6) is 0.843. The molecule has 0 bridgehead atoms. The van der Waals surface area contributed by atoms with Gasteiger partial charge in [0.05, 0.1) is 20.2 Å². The summed E-state index contributed by atoms with van der Waals surface area (Å²) in [6.07, 6.45) is 0. The molecule has 2 nitrogen and oxygen atoms in total. The number of nitrogens with two attached hydrogens (primary N) is 1. The van der Waals surface area contributed by atoms with Crippen molar-refractivity contribution in [3.8, 4) is 5.75 Å². The molecule has 0 aliphatic heterocycles. The molecule has 2 N–H and O–H groups in total. The normalized spacial score (nSPS) is 12.5. The van der Waals surface area contributed by atoms with Crippen LogP contribution in [0.1, 0.15) is 24.1 Å². The standard InChI is InChI=1S/C13H12Br3NOS/c1-2-18-7-3-4-8(10(14)5-7)12(17)9-6-11(15)19-13(9)16/h3-6,12H,2,17H2,1H3. The van der Waals surface area contributed by atoms with Gasteiger partial charge >= 0.3 is 0 Å². The number of ether oxygens (including phenoxy) is 1. The van der Waals surface area contributed by atoms with Crippen molar-refractivity contribution in [2.75, 3.05) is 6.61 Å². The van der Waals surface area contributed by atoms with Gasteiger partial charge in [-0.25, -0.2) is 0 Å². The third-order valence-electron chi connectivity index (χ3n) is 2.64. The maximum atomic E-state index is 6.34. The first-order valence-corrected chi connectivity index (χ1v) is 8.85. The van der Waals surface area contributed by atoms with Crippen molar-refractivity contribution >= 4 is 59.1 Å². The molecule has 0 amide bonds. The molecule has 0 spiro atoms. The zero-order chi connectivity index (χ0) is 14.0. The quantitative estimate of drug-likeness (QED) is 0.643. The molecule has 6 heteroatoms. The van der Waals surface area contributed by atoms with Crippen molar-refractivity contribution in [3.05, 3.63) is 47.4 Å². The van der Waals surface area contributed by atoms with Gasteiger partial charge in [-0.1, -0.05) is 22.0 Å². The number of hydrogen-bond acceptors (Lipinski definition) is 3. The van der Waals surface area contributed by atoms with Crippen LogP contribution in [0.4, 0.5) is 0 Å². The lowest BCUT2D eigenvalue weighted by Gasteiger charge is -2.14. The van der Waals surface area contributed by atoms with Crippen molar-refractivity contribution in [3.63, 3.8) is 0 Å². The van der Waals surface area contributed by atoms with Crippen molar-refractivity contribution < 1.29 is 4.74 Å². The third kappa shape index (κ3) is 3.61. The molecule has 0 aliphatic rings. The fourth-order valence-electron chi connectivity index (χ4n) is 1.75. The Morgan fingerprint density at radius 2 is 1.95 bits per heavy atom. The molecule has 1 aromatic heterocycles. The van der Waals surface area contributed by atoms with Gasteiger partial charge in [0.1, 0.15) is 5.75 Å². The first-order valence-electron chi connectivity index (χ1n) is 5.65. The molecule has 1 unspecified atom stereocenters. The van der Waals surface area contributed by atoms with Gasteiger partial charge in [-0.05, 0) is 68.1 Å². The fraction of sp³-hybridized carbons (Fsp3) is 0.231. The highest BCUT2D eigenvalue weighted by atomic mass is 79.9. The largest absolute Gasteiger partial charge is 0.494 e. The van der Waals surface area contributed by atoms with E-state index in [-0.39, 0.29) is 6.04 Å². The van der Waals surface area contributed by atoms with E-state index in [9.17, 15) is 0 Å². The molecule has 19 heavy (non-hydrogen) atoms. The molecule has 1 aromatic carbocycles. The van der Waals surface area contributed by atoms with Crippen LogP contribution in [0.5, 0.6) is 5.75 Å². The Bertz CT molecular complexity index is 585. The Balaban J connectivity index is 2.33. The van der Waals surface area contributed by atoms with E-state index >= 15 is 0 Å². The second-order valence-corrected chi connectivity index (χ2v) is 8.48. The summed E-state index contributed by atoms with van der Waals surface area (Å²) >= 11 is 12.2. The number of hydrogen-bond donors (Lipinski definition) is 1. The number of rotatable bonds is 4. The van der Waals surface area contributed by atoms with E-state index < -0.39 is 0 Å². The van der Waals surface area contributed by atoms with Gasteiger partial charge in [0, 0.05) is 4.47 Å². The summed E-state index contributed by atoms with van der Waals surface area (Å²) in [4.78, 5) is 0. The SMILES string of the molecule is CCOc1ccc(C(N)c2cc(Br)sc2Br)c(Br)c1. The van der Waals surface area contributed by atoms with Gasteiger partial charge in [-0.2, -0.15) is 0 Å². The van der Waals surface area contributed by atoms with Crippen molar-refractivity contribution in [1.82, 2.24) is 0 Å². The molecule has 0 radical (unpaired) electrons. The molecule has 0 saturated heterocycles. The van der Waals surface area contributed by atoms with E-state index in [1.807, 2.05) is 31.2 Å². The van der Waals surface area contributed by atoms with E-state index in [4.69, 9.17) is 10.5 Å².